The molecule has 3 heterocycles. The van der Waals surface area contributed by atoms with Crippen molar-refractivity contribution in [2.75, 3.05) is 26.2 Å². The Labute approximate surface area is 202 Å². The summed E-state index contributed by atoms with van der Waals surface area (Å²) < 4.78 is 3.39. The molecule has 0 N–H and O–H groups in total. The van der Waals surface area contributed by atoms with E-state index in [1.165, 1.54) is 26.2 Å². The fourth-order valence-electron chi connectivity index (χ4n) is 3.80. The number of aromatic nitrogens is 4. The molecule has 0 aromatic carbocycles. The molecule has 0 aliphatic carbocycles. The fourth-order valence-corrected chi connectivity index (χ4v) is 3.80. The lowest BCUT2D eigenvalue weighted by atomic mass is 10.2. The third-order valence-electron chi connectivity index (χ3n) is 5.97. The highest BCUT2D eigenvalue weighted by atomic mass is 16.6. The lowest BCUT2D eigenvalue weighted by Crippen LogP contribution is -2.42. The number of hydrogen-bond acceptors (Lipinski definition) is 10. The second kappa shape index (κ2) is 9.85. The number of nitrogens with zero attached hydrogens (tertiary/aromatic N) is 8. The Bertz CT molecular complexity index is 1420. The van der Waals surface area contributed by atoms with Gasteiger partial charge in [0.2, 0.25) is 0 Å². The van der Waals surface area contributed by atoms with E-state index in [2.05, 4.69) is 0 Å². The molecule has 0 atom stereocenters. The molecule has 36 heavy (non-hydrogen) atoms. The molecule has 0 radical (unpaired) electrons. The van der Waals surface area contributed by atoms with E-state index in [0.717, 1.165) is 23.2 Å². The monoisotopic (exact) mass is 504 g/mol. The predicted molar refractivity (Wildman–Crippen MR) is 128 cm³/mol. The van der Waals surface area contributed by atoms with Gasteiger partial charge >= 0.3 is 33.9 Å². The van der Waals surface area contributed by atoms with Gasteiger partial charge in [0, 0.05) is 66.8 Å². The Morgan fingerprint density at radius 1 is 0.611 bits per heavy atom. The maximum absolute atomic E-state index is 12.2. The maximum atomic E-state index is 12.2. The van der Waals surface area contributed by atoms with E-state index >= 15 is 0 Å². The Kier molecular flexibility index (Phi) is 7.07. The number of piperazine rings is 1. The van der Waals surface area contributed by atoms with Gasteiger partial charge < -0.3 is 9.80 Å². The first-order valence-corrected chi connectivity index (χ1v) is 10.6. The lowest BCUT2D eigenvalue weighted by Gasteiger charge is -2.33. The summed E-state index contributed by atoms with van der Waals surface area (Å²) in [6, 6.07) is 0. The summed E-state index contributed by atoms with van der Waals surface area (Å²) in [5.74, 6) is 0. The second-order valence-electron chi connectivity index (χ2n) is 8.10. The molecule has 192 valence electrons. The third-order valence-corrected chi connectivity index (χ3v) is 5.97. The minimum absolute atomic E-state index is 0.130. The molecular formula is C20H24N8O8. The van der Waals surface area contributed by atoms with Crippen molar-refractivity contribution < 1.29 is 9.85 Å². The van der Waals surface area contributed by atoms with Crippen LogP contribution < -0.4 is 22.5 Å². The van der Waals surface area contributed by atoms with Crippen LogP contribution in [-0.2, 0) is 28.2 Å². The van der Waals surface area contributed by atoms with Crippen LogP contribution in [0.2, 0.25) is 0 Å². The normalized spacial score (nSPS) is 14.2. The summed E-state index contributed by atoms with van der Waals surface area (Å²) in [7, 11) is 5.00. The van der Waals surface area contributed by atoms with Crippen molar-refractivity contribution in [1.29, 1.82) is 0 Å². The van der Waals surface area contributed by atoms with Crippen LogP contribution in [0.25, 0.3) is 12.2 Å². The van der Waals surface area contributed by atoms with Crippen LogP contribution >= 0.6 is 0 Å². The zero-order chi connectivity index (χ0) is 26.9. The van der Waals surface area contributed by atoms with Crippen molar-refractivity contribution in [3.05, 3.63) is 85.7 Å². The van der Waals surface area contributed by atoms with Crippen LogP contribution in [0.4, 0.5) is 11.4 Å². The molecule has 1 aliphatic heterocycles. The summed E-state index contributed by atoms with van der Waals surface area (Å²) in [4.78, 5) is 73.6. The molecule has 0 saturated carbocycles. The van der Waals surface area contributed by atoms with E-state index < -0.39 is 43.7 Å². The van der Waals surface area contributed by atoms with Crippen LogP contribution in [-0.4, -0.2) is 64.1 Å². The first kappa shape index (κ1) is 25.9. The van der Waals surface area contributed by atoms with Crippen molar-refractivity contribution in [2.45, 2.75) is 0 Å². The lowest BCUT2D eigenvalue weighted by molar-refractivity contribution is -0.387. The van der Waals surface area contributed by atoms with Crippen LogP contribution in [0, 0.1) is 20.2 Å². The van der Waals surface area contributed by atoms with Crippen LogP contribution in [0.1, 0.15) is 11.4 Å². The Morgan fingerprint density at radius 3 is 1.19 bits per heavy atom. The fraction of sp³-hybridized carbons (Fsp3) is 0.400. The molecule has 16 nitrogen and oxygen atoms in total. The summed E-state index contributed by atoms with van der Waals surface area (Å²) in [5, 5.41) is 22.8. The van der Waals surface area contributed by atoms with E-state index in [-0.39, 0.29) is 11.4 Å². The molecule has 0 amide bonds. The number of nitro groups is 2. The van der Waals surface area contributed by atoms with Gasteiger partial charge in [-0.25, -0.2) is 9.59 Å². The van der Waals surface area contributed by atoms with Gasteiger partial charge in [-0.15, -0.1) is 0 Å². The topological polar surface area (TPSA) is 181 Å². The van der Waals surface area contributed by atoms with E-state index in [4.69, 9.17) is 0 Å². The van der Waals surface area contributed by atoms with Crippen molar-refractivity contribution in [3.8, 4) is 0 Å². The third kappa shape index (κ3) is 4.59. The molecule has 2 aromatic heterocycles. The predicted octanol–water partition coefficient (Wildman–Crippen LogP) is -1.44. The summed E-state index contributed by atoms with van der Waals surface area (Å²) in [6.07, 6.45) is 5.78. The average Bonchev–Trinajstić information content (AvgIpc) is 2.84. The second-order valence-corrected chi connectivity index (χ2v) is 8.10. The van der Waals surface area contributed by atoms with Gasteiger partial charge in [-0.1, -0.05) is 0 Å². The van der Waals surface area contributed by atoms with Crippen LogP contribution in [0.3, 0.4) is 0 Å². The smallest absolute Gasteiger partial charge is 0.357 e. The first-order valence-electron chi connectivity index (χ1n) is 10.6. The Morgan fingerprint density at radius 2 is 0.917 bits per heavy atom. The largest absolute Gasteiger partial charge is 0.374 e. The Hall–Kier alpha value is -4.76. The summed E-state index contributed by atoms with van der Waals surface area (Å²) in [5.41, 5.74) is -5.08. The summed E-state index contributed by atoms with van der Waals surface area (Å²) >= 11 is 0. The zero-order valence-electron chi connectivity index (χ0n) is 20.0. The van der Waals surface area contributed by atoms with Gasteiger partial charge in [-0.05, 0) is 12.2 Å². The molecule has 1 aliphatic rings. The highest BCUT2D eigenvalue weighted by Crippen LogP contribution is 2.15. The standard InChI is InChI=1S/C20H24N8O8/c1-21-13(15(27(33)34)17(29)23(3)19(21)31)5-7-25-9-11-26(12-10-25)8-6-14-16(28(35)36)18(30)24(4)20(32)22(14)2/h5-8H,9-12H2,1-4H3/b7-5-,8-6-. The number of hydrogen-bond donors (Lipinski definition) is 0. The van der Waals surface area contributed by atoms with Crippen molar-refractivity contribution in [1.82, 2.24) is 28.1 Å². The molecule has 16 heteroatoms. The van der Waals surface area contributed by atoms with Crippen molar-refractivity contribution in [2.24, 2.45) is 28.2 Å². The van der Waals surface area contributed by atoms with Crippen LogP contribution in [0.15, 0.2) is 31.6 Å². The van der Waals surface area contributed by atoms with Gasteiger partial charge in [0.1, 0.15) is 11.4 Å². The van der Waals surface area contributed by atoms with Crippen molar-refractivity contribution in [3.63, 3.8) is 0 Å². The zero-order valence-corrected chi connectivity index (χ0v) is 20.0. The van der Waals surface area contributed by atoms with Gasteiger partial charge in [-0.2, -0.15) is 0 Å². The highest BCUT2D eigenvalue weighted by molar-refractivity contribution is 5.57. The van der Waals surface area contributed by atoms with Gasteiger partial charge in [0.25, 0.3) is 0 Å². The van der Waals surface area contributed by atoms with Gasteiger partial charge in [-0.3, -0.25) is 48.1 Å². The highest BCUT2D eigenvalue weighted by Gasteiger charge is 2.25. The minimum atomic E-state index is -1.00. The average molecular weight is 504 g/mol. The molecule has 1 fully saturated rings. The number of rotatable bonds is 6. The molecule has 0 spiro atoms. The van der Waals surface area contributed by atoms with E-state index in [1.54, 1.807) is 12.4 Å². The molecular weight excluding hydrogens is 480 g/mol. The maximum Gasteiger partial charge on any atom is 0.357 e. The van der Waals surface area contributed by atoms with Crippen LogP contribution in [0.5, 0.6) is 0 Å². The Balaban J connectivity index is 1.80. The molecule has 1 saturated heterocycles. The molecule has 2 aromatic rings. The van der Waals surface area contributed by atoms with Crippen molar-refractivity contribution >= 4 is 23.5 Å². The molecule has 0 bridgehead atoms. The molecule has 0 unspecified atom stereocenters. The van der Waals surface area contributed by atoms with E-state index in [0.29, 0.717) is 35.3 Å². The quantitative estimate of drug-likeness (QED) is 0.334. The van der Waals surface area contributed by atoms with E-state index in [9.17, 15) is 39.4 Å². The molecule has 3 rings (SSSR count). The summed E-state index contributed by atoms with van der Waals surface area (Å²) in [6.45, 7) is 1.80. The van der Waals surface area contributed by atoms with Gasteiger partial charge in [0.05, 0.1) is 9.85 Å². The van der Waals surface area contributed by atoms with Gasteiger partial charge in [0.15, 0.2) is 0 Å². The SMILES string of the molecule is Cn1c(/C=C\N2CCN(/C=C\c3c([N+](=O)[O-])c(=O)n(C)c(=O)n3C)CC2)c([N+](=O)[O-])c(=O)n(C)c1=O. The minimum Gasteiger partial charge on any atom is -0.374 e. The first-order chi connectivity index (χ1) is 16.9. The van der Waals surface area contributed by atoms with E-state index in [1.807, 2.05) is 9.80 Å².